The molecular weight excluding hydrogens is 296 g/mol. The van der Waals surface area contributed by atoms with Gasteiger partial charge in [0, 0.05) is 12.8 Å². The van der Waals surface area contributed by atoms with E-state index in [9.17, 15) is 9.90 Å². The van der Waals surface area contributed by atoms with Crippen molar-refractivity contribution in [2.45, 2.75) is 78.7 Å². The zero-order valence-corrected chi connectivity index (χ0v) is 15.7. The third kappa shape index (κ3) is 2.01. The Balaban J connectivity index is 1.70. The Kier molecular flexibility index (Phi) is 3.66. The predicted molar refractivity (Wildman–Crippen MR) is 96.5 cm³/mol. The topological polar surface area (TPSA) is 37.3 Å². The van der Waals surface area contributed by atoms with Crippen molar-refractivity contribution in [3.63, 3.8) is 0 Å². The molecule has 0 aromatic heterocycles. The van der Waals surface area contributed by atoms with E-state index in [0.717, 1.165) is 12.3 Å². The fourth-order valence-electron chi connectivity index (χ4n) is 7.24. The van der Waals surface area contributed by atoms with Crippen molar-refractivity contribution in [3.8, 4) is 0 Å². The number of carbonyl (C=O) groups is 1. The first-order valence-corrected chi connectivity index (χ1v) is 9.90. The second-order valence-corrected chi connectivity index (χ2v) is 9.40. The average molecular weight is 328 g/mol. The number of fused-ring (bicyclic) bond motifs is 5. The number of aliphatic hydroxyl groups is 1. The number of hydrogen-bond donors (Lipinski definition) is 1. The molecule has 0 bridgehead atoms. The summed E-state index contributed by atoms with van der Waals surface area (Å²) in [6, 6.07) is 0. The van der Waals surface area contributed by atoms with Gasteiger partial charge in [0.05, 0.1) is 0 Å². The van der Waals surface area contributed by atoms with E-state index in [-0.39, 0.29) is 11.2 Å². The van der Waals surface area contributed by atoms with Crippen LogP contribution >= 0.6 is 0 Å². The Morgan fingerprint density at radius 3 is 2.67 bits per heavy atom. The molecule has 24 heavy (non-hydrogen) atoms. The molecule has 132 valence electrons. The zero-order chi connectivity index (χ0) is 17.3. The van der Waals surface area contributed by atoms with Crippen LogP contribution in [0.2, 0.25) is 0 Å². The van der Waals surface area contributed by atoms with E-state index in [2.05, 4.69) is 33.8 Å². The van der Waals surface area contributed by atoms with Crippen molar-refractivity contribution in [2.75, 3.05) is 0 Å². The van der Waals surface area contributed by atoms with Crippen LogP contribution in [0.4, 0.5) is 0 Å². The van der Waals surface area contributed by atoms with E-state index < -0.39 is 6.10 Å². The molecule has 0 aromatic rings. The first-order valence-electron chi connectivity index (χ1n) is 9.90. The van der Waals surface area contributed by atoms with Gasteiger partial charge in [-0.25, -0.2) is 0 Å². The SMILES string of the molecule is CCC1=C(C)C[C@H]2[C@@H]3CC=C4CC(O)C(=O)C[C@]4(C)[C@H]3CC[C@]12C. The number of allylic oxidation sites excluding steroid dienone is 3. The van der Waals surface area contributed by atoms with Gasteiger partial charge in [-0.1, -0.05) is 43.6 Å². The average Bonchev–Trinajstić information content (AvgIpc) is 2.78. The summed E-state index contributed by atoms with van der Waals surface area (Å²) in [7, 11) is 0. The molecule has 0 aromatic carbocycles. The summed E-state index contributed by atoms with van der Waals surface area (Å²) >= 11 is 0. The van der Waals surface area contributed by atoms with Crippen molar-refractivity contribution in [3.05, 3.63) is 22.8 Å². The molecule has 2 fully saturated rings. The molecule has 0 amide bonds. The molecule has 2 heteroatoms. The molecule has 0 spiro atoms. The highest BCUT2D eigenvalue weighted by Gasteiger charge is 2.58. The van der Waals surface area contributed by atoms with Gasteiger partial charge in [-0.15, -0.1) is 0 Å². The van der Waals surface area contributed by atoms with Crippen LogP contribution in [0.15, 0.2) is 22.8 Å². The van der Waals surface area contributed by atoms with Crippen molar-refractivity contribution in [2.24, 2.45) is 28.6 Å². The van der Waals surface area contributed by atoms with Crippen LogP contribution < -0.4 is 0 Å². The highest BCUT2D eigenvalue weighted by molar-refractivity contribution is 5.85. The summed E-state index contributed by atoms with van der Waals surface area (Å²) in [6.45, 7) is 9.50. The maximum atomic E-state index is 12.3. The smallest absolute Gasteiger partial charge is 0.162 e. The summed E-state index contributed by atoms with van der Waals surface area (Å²) in [5.41, 5.74) is 5.13. The molecule has 4 aliphatic carbocycles. The lowest BCUT2D eigenvalue weighted by atomic mass is 9.47. The first kappa shape index (κ1) is 16.6. The third-order valence-corrected chi connectivity index (χ3v) is 8.43. The standard InChI is InChI=1S/C22H32O2/c1-5-16-13(2)10-18-15-7-6-14-11-19(23)20(24)12-22(14,4)17(15)8-9-21(16,18)3/h6,15,17-19,23H,5,7-12H2,1-4H3/t15-,17+,18+,19?,21-,22+/m1/s1. The Morgan fingerprint density at radius 2 is 1.96 bits per heavy atom. The Bertz CT molecular complexity index is 642. The maximum Gasteiger partial charge on any atom is 0.162 e. The van der Waals surface area contributed by atoms with Gasteiger partial charge in [-0.3, -0.25) is 4.79 Å². The minimum atomic E-state index is -0.753. The number of carbonyl (C=O) groups excluding carboxylic acids is 1. The molecule has 6 atom stereocenters. The van der Waals surface area contributed by atoms with Crippen LogP contribution in [0.25, 0.3) is 0 Å². The fraction of sp³-hybridized carbons (Fsp3) is 0.773. The summed E-state index contributed by atoms with van der Waals surface area (Å²) in [5, 5.41) is 10.0. The number of hydrogen-bond acceptors (Lipinski definition) is 2. The largest absolute Gasteiger partial charge is 0.385 e. The van der Waals surface area contributed by atoms with Crippen molar-refractivity contribution >= 4 is 5.78 Å². The first-order chi connectivity index (χ1) is 11.3. The molecule has 2 saturated carbocycles. The molecular formula is C22H32O2. The van der Waals surface area contributed by atoms with Crippen molar-refractivity contribution < 1.29 is 9.90 Å². The molecule has 4 rings (SSSR count). The van der Waals surface area contributed by atoms with Crippen LogP contribution in [0, 0.1) is 28.6 Å². The van der Waals surface area contributed by atoms with E-state index >= 15 is 0 Å². The molecule has 0 aliphatic heterocycles. The van der Waals surface area contributed by atoms with Crippen LogP contribution in [0.3, 0.4) is 0 Å². The highest BCUT2D eigenvalue weighted by Crippen LogP contribution is 2.66. The molecule has 0 saturated heterocycles. The number of rotatable bonds is 1. The van der Waals surface area contributed by atoms with E-state index in [1.54, 1.807) is 11.1 Å². The predicted octanol–water partition coefficient (Wildman–Crippen LogP) is 4.83. The summed E-state index contributed by atoms with van der Waals surface area (Å²) in [6.07, 6.45) is 8.91. The van der Waals surface area contributed by atoms with E-state index in [0.29, 0.717) is 30.1 Å². The molecule has 0 radical (unpaired) electrons. The minimum absolute atomic E-state index is 0.00341. The number of ketones is 1. The lowest BCUT2D eigenvalue weighted by Gasteiger charge is -2.57. The third-order valence-electron chi connectivity index (χ3n) is 8.43. The lowest BCUT2D eigenvalue weighted by Crippen LogP contribution is -2.51. The van der Waals surface area contributed by atoms with Crippen LogP contribution in [-0.2, 0) is 4.79 Å². The van der Waals surface area contributed by atoms with Gasteiger partial charge in [-0.2, -0.15) is 0 Å². The van der Waals surface area contributed by atoms with E-state index in [1.165, 1.54) is 31.3 Å². The van der Waals surface area contributed by atoms with Gasteiger partial charge in [0.15, 0.2) is 5.78 Å². The highest BCUT2D eigenvalue weighted by atomic mass is 16.3. The van der Waals surface area contributed by atoms with Gasteiger partial charge in [0.2, 0.25) is 0 Å². The van der Waals surface area contributed by atoms with Gasteiger partial charge in [0.1, 0.15) is 6.10 Å². The van der Waals surface area contributed by atoms with Gasteiger partial charge in [-0.05, 0) is 67.6 Å². The normalized spacial score (nSPS) is 47.9. The lowest BCUT2D eigenvalue weighted by molar-refractivity contribution is -0.134. The van der Waals surface area contributed by atoms with E-state index in [4.69, 9.17) is 0 Å². The Labute approximate surface area is 146 Å². The van der Waals surface area contributed by atoms with E-state index in [1.807, 2.05) is 0 Å². The number of Topliss-reactive ketones (excluding diaryl/α,β-unsaturated/α-hetero) is 1. The zero-order valence-electron chi connectivity index (χ0n) is 15.7. The van der Waals surface area contributed by atoms with Crippen LogP contribution in [0.1, 0.15) is 72.6 Å². The molecule has 1 N–H and O–H groups in total. The monoisotopic (exact) mass is 328 g/mol. The second-order valence-electron chi connectivity index (χ2n) is 9.40. The summed E-state index contributed by atoms with van der Waals surface area (Å²) in [4.78, 5) is 12.3. The molecule has 1 unspecified atom stereocenters. The molecule has 0 heterocycles. The van der Waals surface area contributed by atoms with Crippen molar-refractivity contribution in [1.29, 1.82) is 0 Å². The minimum Gasteiger partial charge on any atom is -0.385 e. The Hall–Kier alpha value is -0.890. The second kappa shape index (κ2) is 5.30. The quantitative estimate of drug-likeness (QED) is 0.700. The van der Waals surface area contributed by atoms with Crippen LogP contribution in [0.5, 0.6) is 0 Å². The summed E-state index contributed by atoms with van der Waals surface area (Å²) in [5.74, 6) is 2.15. The van der Waals surface area contributed by atoms with Crippen molar-refractivity contribution in [1.82, 2.24) is 0 Å². The van der Waals surface area contributed by atoms with Gasteiger partial charge >= 0.3 is 0 Å². The van der Waals surface area contributed by atoms with Gasteiger partial charge < -0.3 is 5.11 Å². The number of aliphatic hydroxyl groups excluding tert-OH is 1. The molecule has 2 nitrogen and oxygen atoms in total. The fourth-order valence-corrected chi connectivity index (χ4v) is 7.24. The Morgan fingerprint density at radius 1 is 1.21 bits per heavy atom. The summed E-state index contributed by atoms with van der Waals surface area (Å²) < 4.78 is 0. The molecule has 4 aliphatic rings. The van der Waals surface area contributed by atoms with Gasteiger partial charge in [0.25, 0.3) is 0 Å². The van der Waals surface area contributed by atoms with Crippen LogP contribution in [-0.4, -0.2) is 17.0 Å². The maximum absolute atomic E-state index is 12.3.